The number of benzene rings is 2. The molecule has 4 rings (SSSR count). The minimum atomic E-state index is 0.497. The first-order valence-electron chi connectivity index (χ1n) is 11.0. The molecule has 2 aromatic carbocycles. The Morgan fingerprint density at radius 1 is 0.800 bits per heavy atom. The van der Waals surface area contributed by atoms with E-state index in [4.69, 9.17) is 38.8 Å². The maximum atomic E-state index is 5.51. The lowest BCUT2D eigenvalue weighted by atomic mass is 10.2. The Labute approximate surface area is 203 Å². The third kappa shape index (κ3) is 4.34. The molecule has 0 unspecified atom stereocenters. The van der Waals surface area contributed by atoms with Gasteiger partial charge in [0, 0.05) is 23.4 Å². The Kier molecular flexibility index (Phi) is 6.81. The van der Waals surface area contributed by atoms with Gasteiger partial charge in [0.15, 0.2) is 34.6 Å². The SMILES string of the molecule is CCc1nc(C)n2nc(-c3ccc(OC)c(OC)c3)nc(Nc3cc(OC)c(OC)c(OC)c3)c12. The average molecular weight is 480 g/mol. The zero-order valence-corrected chi connectivity index (χ0v) is 20.9. The van der Waals surface area contributed by atoms with Crippen molar-refractivity contribution in [2.24, 2.45) is 0 Å². The molecule has 0 aliphatic rings. The summed E-state index contributed by atoms with van der Waals surface area (Å²) >= 11 is 0. The normalized spacial score (nSPS) is 10.8. The quantitative estimate of drug-likeness (QED) is 0.373. The van der Waals surface area contributed by atoms with Crippen molar-refractivity contribution in [2.45, 2.75) is 20.3 Å². The zero-order valence-electron chi connectivity index (χ0n) is 20.9. The lowest BCUT2D eigenvalue weighted by Gasteiger charge is -2.16. The molecule has 0 spiro atoms. The van der Waals surface area contributed by atoms with E-state index in [0.29, 0.717) is 46.1 Å². The highest BCUT2D eigenvalue weighted by Gasteiger charge is 2.20. The monoisotopic (exact) mass is 479 g/mol. The predicted octanol–water partition coefficient (Wildman–Crippen LogP) is 4.45. The van der Waals surface area contributed by atoms with Gasteiger partial charge in [-0.15, -0.1) is 5.10 Å². The molecule has 0 radical (unpaired) electrons. The van der Waals surface area contributed by atoms with E-state index in [1.54, 1.807) is 40.1 Å². The van der Waals surface area contributed by atoms with Crippen molar-refractivity contribution in [3.63, 3.8) is 0 Å². The molecule has 0 fully saturated rings. The van der Waals surface area contributed by atoms with E-state index in [1.165, 1.54) is 0 Å². The third-order valence-electron chi connectivity index (χ3n) is 5.63. The van der Waals surface area contributed by atoms with Crippen LogP contribution in [-0.2, 0) is 6.42 Å². The molecule has 0 saturated heterocycles. The molecule has 1 N–H and O–H groups in total. The van der Waals surface area contributed by atoms with Crippen LogP contribution in [0, 0.1) is 6.92 Å². The van der Waals surface area contributed by atoms with E-state index in [1.807, 2.05) is 44.2 Å². The van der Waals surface area contributed by atoms with Crippen molar-refractivity contribution < 1.29 is 23.7 Å². The van der Waals surface area contributed by atoms with Crippen molar-refractivity contribution in [2.75, 3.05) is 40.9 Å². The predicted molar refractivity (Wildman–Crippen MR) is 133 cm³/mol. The number of hydrogen-bond donors (Lipinski definition) is 1. The van der Waals surface area contributed by atoms with Crippen LogP contribution in [0.5, 0.6) is 28.7 Å². The van der Waals surface area contributed by atoms with Crippen molar-refractivity contribution in [1.29, 1.82) is 0 Å². The van der Waals surface area contributed by atoms with E-state index >= 15 is 0 Å². The number of nitrogens with one attached hydrogen (secondary N) is 1. The molecule has 0 aliphatic heterocycles. The number of aryl methyl sites for hydroxylation is 2. The Morgan fingerprint density at radius 3 is 2.03 bits per heavy atom. The van der Waals surface area contributed by atoms with Crippen LogP contribution in [0.25, 0.3) is 16.9 Å². The number of nitrogens with zero attached hydrogens (tertiary/aromatic N) is 4. The summed E-state index contributed by atoms with van der Waals surface area (Å²) in [6, 6.07) is 9.21. The first-order valence-corrected chi connectivity index (χ1v) is 11.0. The summed E-state index contributed by atoms with van der Waals surface area (Å²) in [5, 5.41) is 8.19. The Morgan fingerprint density at radius 2 is 1.46 bits per heavy atom. The molecule has 35 heavy (non-hydrogen) atoms. The van der Waals surface area contributed by atoms with Gasteiger partial charge in [-0.3, -0.25) is 0 Å². The summed E-state index contributed by atoms with van der Waals surface area (Å²) in [4.78, 5) is 9.59. The highest BCUT2D eigenvalue weighted by Crippen LogP contribution is 2.41. The van der Waals surface area contributed by atoms with Gasteiger partial charge in [-0.2, -0.15) is 0 Å². The molecule has 2 aromatic heterocycles. The number of rotatable bonds is 9. The molecular formula is C25H29N5O5. The van der Waals surface area contributed by atoms with Crippen molar-refractivity contribution in [3.8, 4) is 40.1 Å². The van der Waals surface area contributed by atoms with Gasteiger partial charge < -0.3 is 29.0 Å². The maximum absolute atomic E-state index is 5.51. The van der Waals surface area contributed by atoms with Crippen LogP contribution < -0.4 is 29.0 Å². The fourth-order valence-corrected chi connectivity index (χ4v) is 3.94. The van der Waals surface area contributed by atoms with Gasteiger partial charge in [-0.25, -0.2) is 14.5 Å². The molecule has 0 aliphatic carbocycles. The van der Waals surface area contributed by atoms with Gasteiger partial charge >= 0.3 is 0 Å². The number of anilines is 2. The standard InChI is InChI=1S/C25H29N5O5/c1-8-17-22-25(27-16-12-20(33-5)23(35-7)21(13-16)34-6)28-24(29-30(22)14(2)26-17)15-9-10-18(31-3)19(11-15)32-4/h9-13H,8H2,1-7H3,(H,27,28,29). The highest BCUT2D eigenvalue weighted by molar-refractivity contribution is 5.79. The van der Waals surface area contributed by atoms with E-state index in [9.17, 15) is 0 Å². The van der Waals surface area contributed by atoms with Crippen LogP contribution in [0.15, 0.2) is 30.3 Å². The van der Waals surface area contributed by atoms with Crippen molar-refractivity contribution >= 4 is 17.0 Å². The summed E-state index contributed by atoms with van der Waals surface area (Å²) in [7, 11) is 7.92. The lowest BCUT2D eigenvalue weighted by Crippen LogP contribution is -2.06. The number of imidazole rings is 1. The number of aromatic nitrogens is 4. The third-order valence-corrected chi connectivity index (χ3v) is 5.63. The molecule has 2 heterocycles. The second-order valence-corrected chi connectivity index (χ2v) is 7.61. The van der Waals surface area contributed by atoms with Crippen LogP contribution >= 0.6 is 0 Å². The number of methoxy groups -OCH3 is 5. The molecule has 0 amide bonds. The zero-order chi connectivity index (χ0) is 25.1. The van der Waals surface area contributed by atoms with E-state index in [0.717, 1.165) is 29.0 Å². The smallest absolute Gasteiger partial charge is 0.203 e. The largest absolute Gasteiger partial charge is 0.493 e. The van der Waals surface area contributed by atoms with Crippen LogP contribution in [-0.4, -0.2) is 55.1 Å². The molecular weight excluding hydrogens is 450 g/mol. The minimum Gasteiger partial charge on any atom is -0.493 e. The number of hydrogen-bond acceptors (Lipinski definition) is 9. The van der Waals surface area contributed by atoms with Gasteiger partial charge in [-0.05, 0) is 31.5 Å². The maximum Gasteiger partial charge on any atom is 0.203 e. The van der Waals surface area contributed by atoms with Crippen LogP contribution in [0.4, 0.5) is 11.5 Å². The molecule has 184 valence electrons. The molecule has 0 bridgehead atoms. The summed E-state index contributed by atoms with van der Waals surface area (Å²) in [6.45, 7) is 3.97. The average Bonchev–Trinajstić information content (AvgIpc) is 3.23. The van der Waals surface area contributed by atoms with Gasteiger partial charge in [0.2, 0.25) is 5.75 Å². The van der Waals surface area contributed by atoms with Gasteiger partial charge in [0.25, 0.3) is 0 Å². The number of fused-ring (bicyclic) bond motifs is 1. The Hall–Kier alpha value is -4.21. The molecule has 10 heteroatoms. The topological polar surface area (TPSA) is 101 Å². The van der Waals surface area contributed by atoms with Gasteiger partial charge in [0.1, 0.15) is 11.3 Å². The van der Waals surface area contributed by atoms with E-state index < -0.39 is 0 Å². The lowest BCUT2D eigenvalue weighted by molar-refractivity contribution is 0.324. The summed E-state index contributed by atoms with van der Waals surface area (Å²) in [5.41, 5.74) is 3.15. The second kappa shape index (κ2) is 9.96. The minimum absolute atomic E-state index is 0.497. The van der Waals surface area contributed by atoms with Crippen molar-refractivity contribution in [3.05, 3.63) is 41.9 Å². The van der Waals surface area contributed by atoms with Gasteiger partial charge in [-0.1, -0.05) is 6.92 Å². The van der Waals surface area contributed by atoms with E-state index in [2.05, 4.69) is 5.32 Å². The number of ether oxygens (including phenoxy) is 5. The highest BCUT2D eigenvalue weighted by atomic mass is 16.5. The summed E-state index contributed by atoms with van der Waals surface area (Å²) < 4.78 is 29.1. The van der Waals surface area contributed by atoms with Crippen LogP contribution in [0.3, 0.4) is 0 Å². The second-order valence-electron chi connectivity index (χ2n) is 7.61. The van der Waals surface area contributed by atoms with Crippen LogP contribution in [0.2, 0.25) is 0 Å². The first-order chi connectivity index (χ1) is 17.0. The van der Waals surface area contributed by atoms with Crippen LogP contribution in [0.1, 0.15) is 18.4 Å². The molecule has 10 nitrogen and oxygen atoms in total. The first kappa shape index (κ1) is 23.9. The Balaban J connectivity index is 1.91. The molecule has 4 aromatic rings. The fraction of sp³-hybridized carbons (Fsp3) is 0.320. The van der Waals surface area contributed by atoms with E-state index in [-0.39, 0.29) is 0 Å². The summed E-state index contributed by atoms with van der Waals surface area (Å²) in [6.07, 6.45) is 0.723. The summed E-state index contributed by atoms with van der Waals surface area (Å²) in [5.74, 6) is 4.63. The van der Waals surface area contributed by atoms with Gasteiger partial charge in [0.05, 0.1) is 41.2 Å². The molecule has 0 saturated carbocycles. The fourth-order valence-electron chi connectivity index (χ4n) is 3.94. The van der Waals surface area contributed by atoms with Crippen molar-refractivity contribution in [1.82, 2.24) is 19.6 Å². The molecule has 0 atom stereocenters. The Bertz CT molecular complexity index is 1340.